The van der Waals surface area contributed by atoms with Crippen LogP contribution in [0.5, 0.6) is 11.8 Å². The van der Waals surface area contributed by atoms with Gasteiger partial charge in [-0.1, -0.05) is 12.1 Å². The molecule has 0 atom stereocenters. The molecule has 0 saturated heterocycles. The van der Waals surface area contributed by atoms with Gasteiger partial charge in [0.25, 0.3) is 0 Å². The largest absolute Gasteiger partial charge is 0.578 e. The van der Waals surface area contributed by atoms with Crippen molar-refractivity contribution >= 4 is 7.69 Å². The van der Waals surface area contributed by atoms with Gasteiger partial charge in [0, 0.05) is 0 Å². The van der Waals surface area contributed by atoms with Crippen LogP contribution >= 0.6 is 0 Å². The first kappa shape index (κ1) is 11.3. The molecular weight excluding hydrogens is 229 g/mol. The van der Waals surface area contributed by atoms with Gasteiger partial charge in [-0.25, -0.2) is 0 Å². The smallest absolute Gasteiger partial charge is 0.514 e. The standard InChI is InChI=1S/C10H7BF2N2O2/c12-7-3-1-5-9(14-7)16-11-17-10-6-2-4-8(13)15-10/h1-6,11H. The van der Waals surface area contributed by atoms with E-state index in [9.17, 15) is 8.78 Å². The monoisotopic (exact) mass is 236 g/mol. The summed E-state index contributed by atoms with van der Waals surface area (Å²) in [5, 5.41) is 0. The molecule has 2 heterocycles. The molecule has 0 aliphatic rings. The fourth-order valence-electron chi connectivity index (χ4n) is 1.09. The molecule has 0 saturated carbocycles. The highest BCUT2D eigenvalue weighted by Gasteiger charge is 2.03. The molecule has 0 aliphatic heterocycles. The number of nitrogens with zero attached hydrogens (tertiary/aromatic N) is 2. The molecule has 17 heavy (non-hydrogen) atoms. The van der Waals surface area contributed by atoms with Crippen molar-refractivity contribution in [3.05, 3.63) is 48.3 Å². The van der Waals surface area contributed by atoms with Crippen LogP contribution in [0.3, 0.4) is 0 Å². The maximum atomic E-state index is 12.7. The Bertz CT molecular complexity index is 468. The summed E-state index contributed by atoms with van der Waals surface area (Å²) >= 11 is 0. The summed E-state index contributed by atoms with van der Waals surface area (Å²) in [6.45, 7) is 0. The van der Waals surface area contributed by atoms with Gasteiger partial charge >= 0.3 is 7.69 Å². The van der Waals surface area contributed by atoms with Gasteiger partial charge in [-0.05, 0) is 24.3 Å². The Morgan fingerprint density at radius 2 is 1.29 bits per heavy atom. The summed E-state index contributed by atoms with van der Waals surface area (Å²) in [6.07, 6.45) is 0. The van der Waals surface area contributed by atoms with Crippen LogP contribution in [0.2, 0.25) is 0 Å². The Balaban J connectivity index is 1.87. The third-order valence-corrected chi connectivity index (χ3v) is 1.79. The molecule has 0 bridgehead atoms. The van der Waals surface area contributed by atoms with Gasteiger partial charge in [-0.2, -0.15) is 18.7 Å². The van der Waals surface area contributed by atoms with Crippen molar-refractivity contribution in [2.75, 3.05) is 0 Å². The zero-order chi connectivity index (χ0) is 12.1. The minimum atomic E-state index is -0.647. The number of halogens is 2. The van der Waals surface area contributed by atoms with Crippen molar-refractivity contribution in [3.63, 3.8) is 0 Å². The van der Waals surface area contributed by atoms with Gasteiger partial charge in [0.15, 0.2) is 11.8 Å². The summed E-state index contributed by atoms with van der Waals surface area (Å²) in [5.74, 6) is -1.12. The molecular formula is C10H7BF2N2O2. The van der Waals surface area contributed by atoms with E-state index in [-0.39, 0.29) is 19.4 Å². The lowest BCUT2D eigenvalue weighted by molar-refractivity contribution is 0.424. The van der Waals surface area contributed by atoms with Crippen LogP contribution in [0.15, 0.2) is 36.4 Å². The Morgan fingerprint density at radius 1 is 0.824 bits per heavy atom. The summed E-state index contributed by atoms with van der Waals surface area (Å²) < 4.78 is 35.3. The Labute approximate surface area is 96.5 Å². The quantitative estimate of drug-likeness (QED) is 0.595. The van der Waals surface area contributed by atoms with Crippen LogP contribution in [-0.4, -0.2) is 17.7 Å². The van der Waals surface area contributed by atoms with Crippen LogP contribution in [-0.2, 0) is 0 Å². The van der Waals surface area contributed by atoms with Crippen LogP contribution in [0.25, 0.3) is 0 Å². The molecule has 0 N–H and O–H groups in total. The van der Waals surface area contributed by atoms with Gasteiger partial charge in [0.1, 0.15) is 0 Å². The lowest BCUT2D eigenvalue weighted by atomic mass is 10.3. The van der Waals surface area contributed by atoms with E-state index >= 15 is 0 Å². The van der Waals surface area contributed by atoms with Gasteiger partial charge in [0.2, 0.25) is 11.9 Å². The van der Waals surface area contributed by atoms with E-state index in [2.05, 4.69) is 9.97 Å². The van der Waals surface area contributed by atoms with Crippen LogP contribution in [0.4, 0.5) is 8.78 Å². The zero-order valence-electron chi connectivity index (χ0n) is 8.64. The lowest BCUT2D eigenvalue weighted by Crippen LogP contribution is -2.12. The van der Waals surface area contributed by atoms with Crippen molar-refractivity contribution in [1.82, 2.24) is 9.97 Å². The van der Waals surface area contributed by atoms with E-state index in [1.165, 1.54) is 36.4 Å². The lowest BCUT2D eigenvalue weighted by Gasteiger charge is -2.05. The number of hydrogen-bond donors (Lipinski definition) is 0. The maximum absolute atomic E-state index is 12.7. The van der Waals surface area contributed by atoms with Crippen LogP contribution < -0.4 is 9.31 Å². The Hall–Kier alpha value is -2.18. The fourth-order valence-corrected chi connectivity index (χ4v) is 1.09. The van der Waals surface area contributed by atoms with Gasteiger partial charge < -0.3 is 9.31 Å². The van der Waals surface area contributed by atoms with E-state index < -0.39 is 11.9 Å². The van der Waals surface area contributed by atoms with Gasteiger partial charge in [0.05, 0.1) is 0 Å². The normalized spacial score (nSPS) is 9.76. The Kier molecular flexibility index (Phi) is 3.49. The van der Waals surface area contributed by atoms with E-state index in [1.807, 2.05) is 0 Å². The first-order valence-corrected chi connectivity index (χ1v) is 4.75. The van der Waals surface area contributed by atoms with Crippen LogP contribution in [0.1, 0.15) is 0 Å². The average Bonchev–Trinajstić information content (AvgIpc) is 2.29. The van der Waals surface area contributed by atoms with Gasteiger partial charge in [-0.15, -0.1) is 0 Å². The minimum Gasteiger partial charge on any atom is -0.514 e. The highest BCUT2D eigenvalue weighted by molar-refractivity contribution is 6.20. The summed E-state index contributed by atoms with van der Waals surface area (Å²) in [5.41, 5.74) is 0. The van der Waals surface area contributed by atoms with Crippen molar-refractivity contribution in [3.8, 4) is 11.8 Å². The average molecular weight is 236 g/mol. The fraction of sp³-hybridized carbons (Fsp3) is 0. The molecule has 2 rings (SSSR count). The molecule has 0 aliphatic carbocycles. The number of aromatic nitrogens is 2. The molecule has 4 nitrogen and oxygen atoms in total. The Morgan fingerprint density at radius 3 is 1.71 bits per heavy atom. The molecule has 0 radical (unpaired) electrons. The van der Waals surface area contributed by atoms with Crippen LogP contribution in [0, 0.1) is 11.9 Å². The molecule has 7 heteroatoms. The second-order valence-corrected chi connectivity index (χ2v) is 3.00. The molecule has 2 aromatic rings. The van der Waals surface area contributed by atoms with E-state index in [1.54, 1.807) is 0 Å². The highest BCUT2D eigenvalue weighted by Crippen LogP contribution is 2.08. The van der Waals surface area contributed by atoms with E-state index in [4.69, 9.17) is 9.31 Å². The topological polar surface area (TPSA) is 44.2 Å². The van der Waals surface area contributed by atoms with Gasteiger partial charge in [-0.3, -0.25) is 0 Å². The number of pyridine rings is 2. The van der Waals surface area contributed by atoms with Crippen molar-refractivity contribution in [1.29, 1.82) is 0 Å². The van der Waals surface area contributed by atoms with Crippen molar-refractivity contribution in [2.45, 2.75) is 0 Å². The molecule has 2 aromatic heterocycles. The zero-order valence-corrected chi connectivity index (χ0v) is 8.64. The first-order chi connectivity index (χ1) is 8.24. The second kappa shape index (κ2) is 5.24. The summed E-state index contributed by atoms with van der Waals surface area (Å²) in [7, 11) is -0.229. The molecule has 86 valence electrons. The SMILES string of the molecule is Fc1cccc(OBOc2cccc(F)n2)n1. The second-order valence-electron chi connectivity index (χ2n) is 3.00. The molecule has 0 fully saturated rings. The number of hydrogen-bond acceptors (Lipinski definition) is 4. The van der Waals surface area contributed by atoms with E-state index in [0.29, 0.717) is 0 Å². The molecule has 0 spiro atoms. The summed E-state index contributed by atoms with van der Waals surface area (Å²) in [6, 6.07) is 8.26. The maximum Gasteiger partial charge on any atom is 0.578 e. The van der Waals surface area contributed by atoms with Crippen molar-refractivity contribution in [2.24, 2.45) is 0 Å². The first-order valence-electron chi connectivity index (χ1n) is 4.75. The third-order valence-electron chi connectivity index (χ3n) is 1.79. The van der Waals surface area contributed by atoms with Crippen molar-refractivity contribution < 1.29 is 18.1 Å². The third kappa shape index (κ3) is 3.41. The minimum absolute atomic E-state index is 0.0846. The molecule has 0 amide bonds. The molecule has 0 unspecified atom stereocenters. The predicted molar refractivity (Wildman–Crippen MR) is 56.8 cm³/mol. The molecule has 0 aromatic carbocycles. The highest BCUT2D eigenvalue weighted by atomic mass is 19.1. The summed E-state index contributed by atoms with van der Waals surface area (Å²) in [4.78, 5) is 6.92. The van der Waals surface area contributed by atoms with E-state index in [0.717, 1.165) is 0 Å². The predicted octanol–water partition coefficient (Wildman–Crippen LogP) is 1.48. The number of rotatable bonds is 4.